The fourth-order valence-corrected chi connectivity index (χ4v) is 5.53. The van der Waals surface area contributed by atoms with E-state index in [9.17, 15) is 9.18 Å². The van der Waals surface area contributed by atoms with Crippen molar-refractivity contribution < 1.29 is 13.9 Å². The Bertz CT molecular complexity index is 1080. The van der Waals surface area contributed by atoms with Gasteiger partial charge in [-0.3, -0.25) is 9.69 Å². The van der Waals surface area contributed by atoms with E-state index in [1.54, 1.807) is 4.90 Å². The standard InChI is InChI=1S/C24H27ClFN5O2/c1-2-31-16-4-5-17(31)9-18(8-16)33-22-7-15(26)3-6-19(22)24(32)30-12-20(21(27)13-30)23-28-10-14(25)11-29-23/h3,6-7,10-11,16-18H,2,4-5,8-9,12-13,27H2,1H3/t16-,17+,18?. The summed E-state index contributed by atoms with van der Waals surface area (Å²) in [6, 6.07) is 5.10. The number of fused-ring (bicyclic) bond motifs is 2. The zero-order valence-corrected chi connectivity index (χ0v) is 19.3. The first-order chi connectivity index (χ1) is 15.9. The number of carbonyl (C=O) groups excluding carboxylic acids is 1. The molecule has 174 valence electrons. The van der Waals surface area contributed by atoms with Crippen molar-refractivity contribution in [2.75, 3.05) is 19.6 Å². The van der Waals surface area contributed by atoms with Crippen molar-refractivity contribution in [3.05, 3.63) is 58.5 Å². The van der Waals surface area contributed by atoms with Gasteiger partial charge < -0.3 is 15.4 Å². The number of nitrogens with two attached hydrogens (primary N) is 1. The molecule has 9 heteroatoms. The van der Waals surface area contributed by atoms with E-state index < -0.39 is 5.82 Å². The van der Waals surface area contributed by atoms with Gasteiger partial charge in [0.25, 0.3) is 5.91 Å². The molecule has 0 radical (unpaired) electrons. The Balaban J connectivity index is 1.33. The molecule has 4 heterocycles. The lowest BCUT2D eigenvalue weighted by Gasteiger charge is -2.38. The van der Waals surface area contributed by atoms with Crippen LogP contribution in [0, 0.1) is 5.82 Å². The van der Waals surface area contributed by atoms with Crippen LogP contribution in [0.15, 0.2) is 36.3 Å². The van der Waals surface area contributed by atoms with E-state index in [0.29, 0.717) is 45.5 Å². The van der Waals surface area contributed by atoms with Crippen molar-refractivity contribution in [2.24, 2.45) is 5.73 Å². The molecule has 1 unspecified atom stereocenters. The molecule has 1 aromatic carbocycles. The Morgan fingerprint density at radius 3 is 2.58 bits per heavy atom. The highest BCUT2D eigenvalue weighted by Gasteiger charge is 2.41. The van der Waals surface area contributed by atoms with Crippen LogP contribution in [0.2, 0.25) is 5.02 Å². The average molecular weight is 472 g/mol. The Morgan fingerprint density at radius 2 is 1.91 bits per heavy atom. The summed E-state index contributed by atoms with van der Waals surface area (Å²) in [7, 11) is 0. The maximum Gasteiger partial charge on any atom is 0.258 e. The van der Waals surface area contributed by atoms with Gasteiger partial charge in [0.15, 0.2) is 5.82 Å². The Kier molecular flexibility index (Phi) is 5.97. The van der Waals surface area contributed by atoms with Gasteiger partial charge in [0.05, 0.1) is 23.7 Å². The number of piperidine rings is 1. The monoisotopic (exact) mass is 471 g/mol. The molecule has 33 heavy (non-hydrogen) atoms. The van der Waals surface area contributed by atoms with E-state index >= 15 is 0 Å². The van der Waals surface area contributed by atoms with Gasteiger partial charge in [0, 0.05) is 41.8 Å². The highest BCUT2D eigenvalue weighted by molar-refractivity contribution is 6.30. The molecule has 2 fully saturated rings. The number of benzene rings is 1. The molecule has 3 aliphatic heterocycles. The van der Waals surface area contributed by atoms with Gasteiger partial charge >= 0.3 is 0 Å². The second-order valence-electron chi connectivity index (χ2n) is 8.96. The minimum absolute atomic E-state index is 0.0292. The number of hydrogen-bond donors (Lipinski definition) is 1. The molecular formula is C24H27ClFN5O2. The van der Waals surface area contributed by atoms with E-state index in [4.69, 9.17) is 22.1 Å². The predicted octanol–water partition coefficient (Wildman–Crippen LogP) is 3.49. The summed E-state index contributed by atoms with van der Waals surface area (Å²) in [5.74, 6) is 0.0563. The summed E-state index contributed by atoms with van der Waals surface area (Å²) in [5, 5.41) is 0.426. The van der Waals surface area contributed by atoms with Crippen LogP contribution in [-0.4, -0.2) is 63.5 Å². The molecule has 5 rings (SSSR count). The van der Waals surface area contributed by atoms with Crippen LogP contribution in [0.1, 0.15) is 48.8 Å². The number of nitrogens with zero attached hydrogens (tertiary/aromatic N) is 4. The lowest BCUT2D eigenvalue weighted by Crippen LogP contribution is -2.46. The van der Waals surface area contributed by atoms with Gasteiger partial charge in [-0.15, -0.1) is 0 Å². The van der Waals surface area contributed by atoms with E-state index in [0.717, 1.165) is 19.4 Å². The van der Waals surface area contributed by atoms with Gasteiger partial charge in [0.1, 0.15) is 17.7 Å². The van der Waals surface area contributed by atoms with Crippen LogP contribution in [-0.2, 0) is 0 Å². The summed E-state index contributed by atoms with van der Waals surface area (Å²) >= 11 is 5.88. The molecule has 1 aromatic heterocycles. The first-order valence-corrected chi connectivity index (χ1v) is 11.8. The number of rotatable bonds is 5. The maximum absolute atomic E-state index is 14.1. The molecule has 2 saturated heterocycles. The summed E-state index contributed by atoms with van der Waals surface area (Å²) in [4.78, 5) is 26.0. The predicted molar refractivity (Wildman–Crippen MR) is 123 cm³/mol. The lowest BCUT2D eigenvalue weighted by molar-refractivity contribution is 0.0514. The molecule has 2 N–H and O–H groups in total. The number of hydrogen-bond acceptors (Lipinski definition) is 6. The smallest absolute Gasteiger partial charge is 0.258 e. The maximum atomic E-state index is 14.1. The van der Waals surface area contributed by atoms with Crippen molar-refractivity contribution in [1.82, 2.24) is 19.8 Å². The summed E-state index contributed by atoms with van der Waals surface area (Å²) in [6.07, 6.45) is 7.09. The molecular weight excluding hydrogens is 445 g/mol. The van der Waals surface area contributed by atoms with Gasteiger partial charge in [-0.25, -0.2) is 14.4 Å². The third-order valence-corrected chi connectivity index (χ3v) is 7.14. The second-order valence-corrected chi connectivity index (χ2v) is 9.39. The van der Waals surface area contributed by atoms with Crippen LogP contribution in [0.25, 0.3) is 5.57 Å². The molecule has 3 aliphatic rings. The van der Waals surface area contributed by atoms with Crippen molar-refractivity contribution in [3.63, 3.8) is 0 Å². The third kappa shape index (κ3) is 4.29. The third-order valence-electron chi connectivity index (χ3n) is 6.95. The van der Waals surface area contributed by atoms with Crippen molar-refractivity contribution in [2.45, 2.75) is 50.8 Å². The fourth-order valence-electron chi connectivity index (χ4n) is 5.43. The summed E-state index contributed by atoms with van der Waals surface area (Å²) < 4.78 is 20.4. The van der Waals surface area contributed by atoms with E-state index in [1.165, 1.54) is 43.4 Å². The summed E-state index contributed by atoms with van der Waals surface area (Å²) in [5.41, 5.74) is 7.76. The SMILES string of the molecule is CCN1[C@@H]2CC[C@H]1CC(Oc1cc(F)ccc1C(=O)N1CC(N)=C(c3ncc(Cl)cn3)C1)C2. The second kappa shape index (κ2) is 8.91. The zero-order chi connectivity index (χ0) is 23.1. The quantitative estimate of drug-likeness (QED) is 0.718. The largest absolute Gasteiger partial charge is 0.489 e. The van der Waals surface area contributed by atoms with Crippen molar-refractivity contribution >= 4 is 23.1 Å². The number of halogens is 2. The number of ether oxygens (including phenoxy) is 1. The average Bonchev–Trinajstić information content (AvgIpc) is 3.30. The molecule has 0 saturated carbocycles. The first kappa shape index (κ1) is 22.1. The Morgan fingerprint density at radius 1 is 1.21 bits per heavy atom. The molecule has 7 nitrogen and oxygen atoms in total. The molecule has 1 amide bonds. The molecule has 3 atom stereocenters. The molecule has 0 spiro atoms. The van der Waals surface area contributed by atoms with Gasteiger partial charge in [0.2, 0.25) is 0 Å². The minimum Gasteiger partial charge on any atom is -0.489 e. The molecule has 2 aromatic rings. The minimum atomic E-state index is -0.426. The van der Waals surface area contributed by atoms with Gasteiger partial charge in [-0.2, -0.15) is 0 Å². The van der Waals surface area contributed by atoms with E-state index in [2.05, 4.69) is 21.8 Å². The first-order valence-electron chi connectivity index (χ1n) is 11.4. The van der Waals surface area contributed by atoms with Crippen LogP contribution < -0.4 is 10.5 Å². The van der Waals surface area contributed by atoms with Gasteiger partial charge in [-0.05, 0) is 44.4 Å². The van der Waals surface area contributed by atoms with Gasteiger partial charge in [-0.1, -0.05) is 18.5 Å². The fraction of sp³-hybridized carbons (Fsp3) is 0.458. The van der Waals surface area contributed by atoms with Crippen LogP contribution >= 0.6 is 11.6 Å². The van der Waals surface area contributed by atoms with Crippen LogP contribution in [0.3, 0.4) is 0 Å². The number of carbonyl (C=O) groups is 1. The van der Waals surface area contributed by atoms with E-state index in [-0.39, 0.29) is 25.1 Å². The Labute approximate surface area is 197 Å². The lowest BCUT2D eigenvalue weighted by atomic mass is 9.99. The van der Waals surface area contributed by atoms with Crippen molar-refractivity contribution in [1.29, 1.82) is 0 Å². The van der Waals surface area contributed by atoms with Crippen LogP contribution in [0.5, 0.6) is 5.75 Å². The topological polar surface area (TPSA) is 84.6 Å². The number of amides is 1. The van der Waals surface area contributed by atoms with Crippen molar-refractivity contribution in [3.8, 4) is 5.75 Å². The van der Waals surface area contributed by atoms with E-state index in [1.807, 2.05) is 0 Å². The highest BCUT2D eigenvalue weighted by Crippen LogP contribution is 2.38. The Hall–Kier alpha value is -2.71. The zero-order valence-electron chi connectivity index (χ0n) is 18.5. The highest BCUT2D eigenvalue weighted by atomic mass is 35.5. The molecule has 2 bridgehead atoms. The normalized spacial score (nSPS) is 25.1. The number of aromatic nitrogens is 2. The summed E-state index contributed by atoms with van der Waals surface area (Å²) in [6.45, 7) is 3.74. The van der Waals surface area contributed by atoms with Crippen LogP contribution in [0.4, 0.5) is 4.39 Å². The molecule has 0 aliphatic carbocycles.